The summed E-state index contributed by atoms with van der Waals surface area (Å²) in [5.41, 5.74) is 11.8. The van der Waals surface area contributed by atoms with Gasteiger partial charge in [-0.25, -0.2) is 0 Å². The minimum atomic E-state index is -1.54. The lowest BCUT2D eigenvalue weighted by atomic mass is 9.66. The van der Waals surface area contributed by atoms with E-state index in [0.29, 0.717) is 11.8 Å². The van der Waals surface area contributed by atoms with Crippen LogP contribution in [0.5, 0.6) is 11.5 Å². The summed E-state index contributed by atoms with van der Waals surface area (Å²) in [6.45, 7) is 25.1. The number of aliphatic hydroxyl groups is 2. The largest absolute Gasteiger partial charge is 0.496 e. The second-order valence-electron chi connectivity index (χ2n) is 17.7. The lowest BCUT2D eigenvalue weighted by Gasteiger charge is -2.44. The van der Waals surface area contributed by atoms with Gasteiger partial charge in [-0.1, -0.05) is 69.0 Å². The summed E-state index contributed by atoms with van der Waals surface area (Å²) in [7, 11) is 1.94. The molecule has 0 amide bonds. The molecule has 4 aliphatic rings. The van der Waals surface area contributed by atoms with Crippen LogP contribution in [0.3, 0.4) is 0 Å². The van der Waals surface area contributed by atoms with E-state index in [1.165, 1.54) is 49.9 Å². The van der Waals surface area contributed by atoms with E-state index < -0.39 is 8.07 Å². The highest BCUT2D eigenvalue weighted by molar-refractivity contribution is 6.84. The molecule has 6 heteroatoms. The maximum atomic E-state index is 10.4. The molecule has 6 atom stereocenters. The van der Waals surface area contributed by atoms with Crippen LogP contribution in [0.2, 0.25) is 24.7 Å². The second kappa shape index (κ2) is 13.1. The highest BCUT2D eigenvalue weighted by Crippen LogP contribution is 2.60. The average Bonchev–Trinajstić information content (AvgIpc) is 3.52. The third-order valence-electron chi connectivity index (χ3n) is 13.3. The molecule has 0 radical (unpaired) electrons. The summed E-state index contributed by atoms with van der Waals surface area (Å²) in [4.78, 5) is 0. The van der Waals surface area contributed by atoms with Gasteiger partial charge in [0.05, 0.1) is 39.5 Å². The van der Waals surface area contributed by atoms with E-state index >= 15 is 0 Å². The predicted octanol–water partition coefficient (Wildman–Crippen LogP) is 11.0. The minimum Gasteiger partial charge on any atom is -0.496 e. The summed E-state index contributed by atoms with van der Waals surface area (Å²) in [6.07, 6.45) is 6.40. The summed E-state index contributed by atoms with van der Waals surface area (Å²) < 4.78 is 11.4. The van der Waals surface area contributed by atoms with Gasteiger partial charge in [-0.15, -0.1) is 0 Å². The summed E-state index contributed by atoms with van der Waals surface area (Å²) in [6, 6.07) is 8.91. The van der Waals surface area contributed by atoms with Gasteiger partial charge < -0.3 is 19.7 Å². The van der Waals surface area contributed by atoms with Gasteiger partial charge in [-0.05, 0) is 163 Å². The van der Waals surface area contributed by atoms with Gasteiger partial charge in [0.25, 0.3) is 0 Å². The number of aryl methyl sites for hydroxylation is 3. The Morgan fingerprint density at radius 1 is 0.840 bits per heavy atom. The molecular weight excluding hydrogens is 656 g/mol. The first-order valence-electron chi connectivity index (χ1n) is 18.6. The highest BCUT2D eigenvalue weighted by atomic mass is 35.5. The van der Waals surface area contributed by atoms with Crippen LogP contribution in [-0.2, 0) is 6.42 Å². The minimum absolute atomic E-state index is 0.152. The number of aliphatic hydroxyl groups excluding tert-OH is 2. The Labute approximate surface area is 306 Å². The fourth-order valence-corrected chi connectivity index (χ4v) is 12.6. The van der Waals surface area contributed by atoms with E-state index in [2.05, 4.69) is 92.0 Å². The average molecular weight is 715 g/mol. The molecule has 50 heavy (non-hydrogen) atoms. The molecule has 0 unspecified atom stereocenters. The third kappa shape index (κ3) is 6.18. The van der Waals surface area contributed by atoms with Gasteiger partial charge in [-0.3, -0.25) is 0 Å². The SMILES string of the molecule is C=C1C(c2cc(C)c(C)c(OC)c2)=C([Si](C)(C)C)C[C@@]2(C)C[C@@H](O)C[C@H]12.COc1c(C)c(C)cc2c3c(cc(Cl)c12)[C@H]1C[C@H](O)C[C@]1(C)CC3. The van der Waals surface area contributed by atoms with Crippen molar-refractivity contribution in [1.82, 2.24) is 0 Å². The van der Waals surface area contributed by atoms with Crippen LogP contribution in [0.4, 0.5) is 0 Å². The molecule has 0 aromatic heterocycles. The van der Waals surface area contributed by atoms with E-state index in [9.17, 15) is 10.2 Å². The van der Waals surface area contributed by atoms with Crippen molar-refractivity contribution in [1.29, 1.82) is 0 Å². The molecule has 0 saturated heterocycles. The van der Waals surface area contributed by atoms with Crippen molar-refractivity contribution in [2.45, 2.75) is 124 Å². The molecule has 0 heterocycles. The zero-order chi connectivity index (χ0) is 36.7. The van der Waals surface area contributed by atoms with E-state index in [0.717, 1.165) is 72.4 Å². The summed E-state index contributed by atoms with van der Waals surface area (Å²) in [5.74, 6) is 2.64. The Morgan fingerprint density at radius 2 is 1.46 bits per heavy atom. The Hall–Kier alpha value is -2.57. The Bertz CT molecular complexity index is 1900. The molecule has 0 spiro atoms. The molecule has 4 nitrogen and oxygen atoms in total. The molecule has 270 valence electrons. The van der Waals surface area contributed by atoms with Crippen LogP contribution in [0.25, 0.3) is 16.3 Å². The molecule has 0 aliphatic heterocycles. The van der Waals surface area contributed by atoms with Crippen LogP contribution in [0, 0.1) is 44.4 Å². The summed E-state index contributed by atoms with van der Waals surface area (Å²) in [5, 5.41) is 25.3. The lowest BCUT2D eigenvalue weighted by Crippen LogP contribution is -2.37. The number of allylic oxidation sites excluding steroid dienone is 3. The molecule has 2 N–H and O–H groups in total. The van der Waals surface area contributed by atoms with Gasteiger partial charge in [0.15, 0.2) is 0 Å². The first kappa shape index (κ1) is 37.2. The van der Waals surface area contributed by atoms with E-state index in [-0.39, 0.29) is 23.0 Å². The number of benzene rings is 3. The van der Waals surface area contributed by atoms with Gasteiger partial charge in [0, 0.05) is 5.39 Å². The monoisotopic (exact) mass is 714 g/mol. The molecule has 2 fully saturated rings. The Kier molecular flexibility index (Phi) is 9.77. The second-order valence-corrected chi connectivity index (χ2v) is 23.2. The molecule has 2 saturated carbocycles. The maximum absolute atomic E-state index is 10.4. The fraction of sp³-hybridized carbons (Fsp3) is 0.545. The maximum Gasteiger partial charge on any atom is 0.131 e. The molecule has 4 aliphatic carbocycles. The van der Waals surface area contributed by atoms with E-state index in [4.69, 9.17) is 21.1 Å². The Morgan fingerprint density at radius 3 is 2.08 bits per heavy atom. The summed E-state index contributed by atoms with van der Waals surface area (Å²) >= 11 is 6.73. The molecule has 0 bridgehead atoms. The van der Waals surface area contributed by atoms with Crippen LogP contribution >= 0.6 is 11.6 Å². The van der Waals surface area contributed by atoms with Crippen LogP contribution < -0.4 is 9.47 Å². The van der Waals surface area contributed by atoms with Crippen LogP contribution in [0.1, 0.15) is 97.2 Å². The van der Waals surface area contributed by atoms with Crippen molar-refractivity contribution >= 4 is 36.0 Å². The van der Waals surface area contributed by atoms with E-state index in [1.54, 1.807) is 19.4 Å². The fourth-order valence-electron chi connectivity index (χ4n) is 10.3. The van der Waals surface area contributed by atoms with Gasteiger partial charge in [0.1, 0.15) is 11.5 Å². The Balaban J connectivity index is 0.000000173. The zero-order valence-electron chi connectivity index (χ0n) is 32.4. The normalized spacial score (nSPS) is 29.0. The predicted molar refractivity (Wildman–Crippen MR) is 213 cm³/mol. The number of ether oxygens (including phenoxy) is 2. The van der Waals surface area contributed by atoms with Gasteiger partial charge >= 0.3 is 0 Å². The number of methoxy groups -OCH3 is 2. The first-order chi connectivity index (χ1) is 23.3. The van der Waals surface area contributed by atoms with Crippen molar-refractivity contribution in [3.63, 3.8) is 0 Å². The number of rotatable bonds is 4. The number of hydrogen-bond acceptors (Lipinski definition) is 4. The lowest BCUT2D eigenvalue weighted by molar-refractivity contribution is 0.159. The third-order valence-corrected chi connectivity index (χ3v) is 15.8. The van der Waals surface area contributed by atoms with E-state index in [1.807, 2.05) is 0 Å². The molecule has 3 aromatic rings. The topological polar surface area (TPSA) is 58.9 Å². The molecule has 3 aromatic carbocycles. The highest BCUT2D eigenvalue weighted by Gasteiger charge is 2.50. The van der Waals surface area contributed by atoms with Crippen molar-refractivity contribution in [3.05, 3.63) is 85.6 Å². The molecule has 7 rings (SSSR count). The quantitative estimate of drug-likeness (QED) is 0.264. The zero-order valence-corrected chi connectivity index (χ0v) is 34.1. The van der Waals surface area contributed by atoms with Gasteiger partial charge in [-0.2, -0.15) is 0 Å². The van der Waals surface area contributed by atoms with Crippen molar-refractivity contribution in [2.75, 3.05) is 14.2 Å². The van der Waals surface area contributed by atoms with Gasteiger partial charge in [0.2, 0.25) is 0 Å². The van der Waals surface area contributed by atoms with Crippen LogP contribution in [0.15, 0.2) is 41.6 Å². The number of hydrogen-bond donors (Lipinski definition) is 2. The van der Waals surface area contributed by atoms with Crippen molar-refractivity contribution in [2.24, 2.45) is 16.7 Å². The number of fused-ring (bicyclic) bond motifs is 6. The van der Waals surface area contributed by atoms with Crippen molar-refractivity contribution < 1.29 is 19.7 Å². The van der Waals surface area contributed by atoms with Crippen molar-refractivity contribution in [3.8, 4) is 11.5 Å². The standard InChI is InChI=1S/C23H34O2Si.C21H25ClO2/c1-14-9-17(10-20(25-5)15(14)2)22-16(3)19-11-18(24)12-23(19,4)13-21(22)26(6,7)8;1-11-7-16-14-5-6-21(3)10-13(23)8-17(21)15(14)9-18(22)19(16)20(24-4)12(11)2/h9-10,18-19,24H,3,11-13H2,1-2,4-8H3;7,9,13,17,23H,5-6,8,10H2,1-4H3/t18-,19+,23+;13-,17+,21-/m00/s1. The smallest absolute Gasteiger partial charge is 0.131 e. The number of halogens is 1. The first-order valence-corrected chi connectivity index (χ1v) is 22.4. The van der Waals surface area contributed by atoms with Crippen LogP contribution in [-0.4, -0.2) is 44.7 Å². The molecular formula is C44H59ClO4Si.